The van der Waals surface area contributed by atoms with Crippen molar-refractivity contribution < 1.29 is 19.1 Å². The smallest absolute Gasteiger partial charge is 0.243 e. The van der Waals surface area contributed by atoms with E-state index in [0.717, 1.165) is 17.7 Å². The molecular weight excluding hydrogens is 466 g/mol. The van der Waals surface area contributed by atoms with E-state index < -0.39 is 5.92 Å². The highest BCUT2D eigenvalue weighted by atomic mass is 35.5. The monoisotopic (exact) mass is 493 g/mol. The van der Waals surface area contributed by atoms with Crippen LogP contribution in [0.25, 0.3) is 0 Å². The second-order valence-corrected chi connectivity index (χ2v) is 8.76. The van der Waals surface area contributed by atoms with Crippen molar-refractivity contribution in [1.29, 1.82) is 0 Å². The molecule has 4 rings (SSSR count). The van der Waals surface area contributed by atoms with E-state index in [2.05, 4.69) is 17.8 Å². The quantitative estimate of drug-likeness (QED) is 0.411. The van der Waals surface area contributed by atoms with Crippen molar-refractivity contribution >= 4 is 34.8 Å². The fourth-order valence-corrected chi connectivity index (χ4v) is 4.01. The van der Waals surface area contributed by atoms with Crippen LogP contribution >= 0.6 is 11.6 Å². The number of nitrogens with zero attached hydrogens (tertiary/aromatic N) is 1. The predicted octanol–water partition coefficient (Wildman–Crippen LogP) is 4.99. The lowest BCUT2D eigenvalue weighted by molar-refractivity contribution is -0.125. The minimum atomic E-state index is -0.440. The summed E-state index contributed by atoms with van der Waals surface area (Å²) in [5.74, 6) is 0.359. The van der Waals surface area contributed by atoms with Crippen molar-refractivity contribution in [2.75, 3.05) is 24.0 Å². The van der Waals surface area contributed by atoms with Crippen molar-refractivity contribution in [3.63, 3.8) is 0 Å². The van der Waals surface area contributed by atoms with Gasteiger partial charge in [-0.1, -0.05) is 42.8 Å². The number of aryl methyl sites for hydroxylation is 1. The second-order valence-electron chi connectivity index (χ2n) is 8.32. The molecular formula is C27H28ClN3O4. The van der Waals surface area contributed by atoms with Gasteiger partial charge in [0.25, 0.3) is 0 Å². The zero-order valence-electron chi connectivity index (χ0n) is 19.7. The molecule has 3 aromatic carbocycles. The van der Waals surface area contributed by atoms with Gasteiger partial charge in [-0.3, -0.25) is 20.4 Å². The first-order valence-electron chi connectivity index (χ1n) is 11.5. The van der Waals surface area contributed by atoms with Gasteiger partial charge in [0.05, 0.1) is 18.7 Å². The largest absolute Gasteiger partial charge is 0.493 e. The van der Waals surface area contributed by atoms with Gasteiger partial charge in [-0.05, 0) is 53.9 Å². The van der Waals surface area contributed by atoms with Gasteiger partial charge in [-0.25, -0.2) is 0 Å². The van der Waals surface area contributed by atoms with E-state index in [1.807, 2.05) is 48.5 Å². The molecule has 8 heteroatoms. The molecule has 1 saturated heterocycles. The maximum atomic E-state index is 12.7. The molecule has 3 aromatic rings. The Bertz CT molecular complexity index is 1180. The van der Waals surface area contributed by atoms with Crippen LogP contribution < -0.4 is 25.2 Å². The zero-order valence-corrected chi connectivity index (χ0v) is 20.5. The van der Waals surface area contributed by atoms with Crippen molar-refractivity contribution in [1.82, 2.24) is 5.43 Å². The standard InChI is InChI=1S/C27H28ClN3O4/c1-3-18-6-11-23(12-7-18)31-16-20(14-26(31)32)27(33)30-29-22-10-13-24(25(15-22)34-2)35-17-19-4-8-21(28)9-5-19/h4-13,15,20,29H,3,14,16-17H2,1-2H3,(H,30,33)/t20-/m0/s1. The molecule has 1 heterocycles. The summed E-state index contributed by atoms with van der Waals surface area (Å²) in [6.07, 6.45) is 1.11. The number of hydrogen-bond acceptors (Lipinski definition) is 5. The summed E-state index contributed by atoms with van der Waals surface area (Å²) in [5.41, 5.74) is 9.24. The van der Waals surface area contributed by atoms with Crippen LogP contribution in [0.15, 0.2) is 66.7 Å². The van der Waals surface area contributed by atoms with Gasteiger partial charge < -0.3 is 14.4 Å². The van der Waals surface area contributed by atoms with Crippen molar-refractivity contribution in [2.45, 2.75) is 26.4 Å². The lowest BCUT2D eigenvalue weighted by atomic mass is 10.1. The van der Waals surface area contributed by atoms with Crippen LogP contribution in [0.1, 0.15) is 24.5 Å². The van der Waals surface area contributed by atoms with Gasteiger partial charge in [-0.2, -0.15) is 0 Å². The highest BCUT2D eigenvalue weighted by molar-refractivity contribution is 6.30. The number of nitrogens with one attached hydrogen (secondary N) is 2. The number of halogens is 1. The van der Waals surface area contributed by atoms with Crippen LogP contribution in [0.2, 0.25) is 5.02 Å². The summed E-state index contributed by atoms with van der Waals surface area (Å²) in [4.78, 5) is 26.9. The number of amides is 2. The third-order valence-electron chi connectivity index (χ3n) is 5.95. The van der Waals surface area contributed by atoms with Crippen molar-refractivity contribution in [3.05, 3.63) is 82.9 Å². The van der Waals surface area contributed by atoms with Gasteiger partial charge in [0, 0.05) is 29.7 Å². The summed E-state index contributed by atoms with van der Waals surface area (Å²) in [5, 5.41) is 0.670. The molecule has 2 N–H and O–H groups in total. The lowest BCUT2D eigenvalue weighted by Gasteiger charge is -2.18. The molecule has 1 aliphatic rings. The van der Waals surface area contributed by atoms with E-state index in [1.54, 1.807) is 30.2 Å². The first-order chi connectivity index (χ1) is 17.0. The first-order valence-corrected chi connectivity index (χ1v) is 11.8. The van der Waals surface area contributed by atoms with Crippen LogP contribution in [0.5, 0.6) is 11.5 Å². The lowest BCUT2D eigenvalue weighted by Crippen LogP contribution is -2.36. The van der Waals surface area contributed by atoms with Crippen LogP contribution in [0, 0.1) is 5.92 Å². The molecule has 0 spiro atoms. The van der Waals surface area contributed by atoms with E-state index in [1.165, 1.54) is 5.56 Å². The van der Waals surface area contributed by atoms with Crippen LogP contribution in [-0.2, 0) is 22.6 Å². The molecule has 0 radical (unpaired) electrons. The number of rotatable bonds is 9. The maximum Gasteiger partial charge on any atom is 0.243 e. The molecule has 7 nitrogen and oxygen atoms in total. The summed E-state index contributed by atoms with van der Waals surface area (Å²) in [6, 6.07) is 20.6. The van der Waals surface area contributed by atoms with Gasteiger partial charge in [0.15, 0.2) is 11.5 Å². The Hall–Kier alpha value is -3.71. The number of hydrogen-bond donors (Lipinski definition) is 2. The molecule has 1 atom stereocenters. The molecule has 1 aliphatic heterocycles. The van der Waals surface area contributed by atoms with Crippen LogP contribution in [0.4, 0.5) is 11.4 Å². The molecule has 1 fully saturated rings. The number of methoxy groups -OCH3 is 1. The van der Waals surface area contributed by atoms with Crippen molar-refractivity contribution in [3.8, 4) is 11.5 Å². The molecule has 0 aliphatic carbocycles. The molecule has 0 unspecified atom stereocenters. The summed E-state index contributed by atoms with van der Waals surface area (Å²) >= 11 is 5.92. The number of ether oxygens (including phenoxy) is 2. The SMILES string of the molecule is CCc1ccc(N2C[C@@H](C(=O)NNc3ccc(OCc4ccc(Cl)cc4)c(OC)c3)CC2=O)cc1. The van der Waals surface area contributed by atoms with Crippen LogP contribution in [-0.4, -0.2) is 25.5 Å². The maximum absolute atomic E-state index is 12.7. The Morgan fingerprint density at radius 1 is 1.03 bits per heavy atom. The number of hydrazine groups is 1. The summed E-state index contributed by atoms with van der Waals surface area (Å²) in [6.45, 7) is 2.80. The van der Waals surface area contributed by atoms with Crippen LogP contribution in [0.3, 0.4) is 0 Å². The van der Waals surface area contributed by atoms with Crippen molar-refractivity contribution in [2.24, 2.45) is 5.92 Å². The van der Waals surface area contributed by atoms with E-state index in [0.29, 0.717) is 35.4 Å². The molecule has 0 saturated carbocycles. The molecule has 182 valence electrons. The third kappa shape index (κ3) is 6.05. The Kier molecular flexibility index (Phi) is 7.77. The molecule has 35 heavy (non-hydrogen) atoms. The van der Waals surface area contributed by atoms with E-state index in [-0.39, 0.29) is 18.2 Å². The predicted molar refractivity (Wildman–Crippen MR) is 137 cm³/mol. The number of carbonyl (C=O) groups excluding carboxylic acids is 2. The minimum absolute atomic E-state index is 0.0572. The van der Waals surface area contributed by atoms with Gasteiger partial charge >= 0.3 is 0 Å². The second kappa shape index (κ2) is 11.1. The minimum Gasteiger partial charge on any atom is -0.493 e. The Morgan fingerprint density at radius 2 is 1.74 bits per heavy atom. The normalized spacial score (nSPS) is 15.1. The number of benzene rings is 3. The van der Waals surface area contributed by atoms with E-state index in [9.17, 15) is 9.59 Å². The fourth-order valence-electron chi connectivity index (χ4n) is 3.89. The third-order valence-corrected chi connectivity index (χ3v) is 6.21. The average Bonchev–Trinajstić information content (AvgIpc) is 3.28. The van der Waals surface area contributed by atoms with Gasteiger partial charge in [-0.15, -0.1) is 0 Å². The topological polar surface area (TPSA) is 79.9 Å². The fraction of sp³-hybridized carbons (Fsp3) is 0.259. The van der Waals surface area contributed by atoms with Gasteiger partial charge in [0.2, 0.25) is 11.8 Å². The van der Waals surface area contributed by atoms with Gasteiger partial charge in [0.1, 0.15) is 6.61 Å². The molecule has 0 bridgehead atoms. The highest BCUT2D eigenvalue weighted by Crippen LogP contribution is 2.31. The van der Waals surface area contributed by atoms with E-state index in [4.69, 9.17) is 21.1 Å². The zero-order chi connectivity index (χ0) is 24.8. The Labute approximate surface area is 210 Å². The molecule has 0 aromatic heterocycles. The number of carbonyl (C=O) groups is 2. The summed E-state index contributed by atoms with van der Waals surface area (Å²) < 4.78 is 11.3. The Morgan fingerprint density at radius 3 is 2.43 bits per heavy atom. The van der Waals surface area contributed by atoms with E-state index >= 15 is 0 Å². The average molecular weight is 494 g/mol. The Balaban J connectivity index is 1.32. The molecule has 2 amide bonds. The number of anilines is 2. The highest BCUT2D eigenvalue weighted by Gasteiger charge is 2.35. The summed E-state index contributed by atoms with van der Waals surface area (Å²) in [7, 11) is 1.55. The first kappa shape index (κ1) is 24.4.